The standard InChI is InChI=1S/C18H17NO2/c1-11-8-13-10-19-17-7-6-12-4-2-3-5-14(12)16(17)9-15(13)18(20)21-11/h2-7,11,19H,8-10H2,1H3/t11-/m1/s1. The fraction of sp³-hybridized carbons (Fsp3) is 0.278. The van der Waals surface area contributed by atoms with Crippen LogP contribution in [0.5, 0.6) is 0 Å². The molecule has 3 heteroatoms. The lowest BCUT2D eigenvalue weighted by Gasteiger charge is -2.23. The molecule has 21 heavy (non-hydrogen) atoms. The summed E-state index contributed by atoms with van der Waals surface area (Å²) in [6.07, 6.45) is 1.47. The first-order valence-electron chi connectivity index (χ1n) is 7.39. The molecule has 0 radical (unpaired) electrons. The number of carbonyl (C=O) groups is 1. The summed E-state index contributed by atoms with van der Waals surface area (Å²) in [4.78, 5) is 12.2. The van der Waals surface area contributed by atoms with Crippen LogP contribution in [0, 0.1) is 0 Å². The highest BCUT2D eigenvalue weighted by atomic mass is 16.5. The van der Waals surface area contributed by atoms with Gasteiger partial charge in [-0.3, -0.25) is 0 Å². The van der Waals surface area contributed by atoms with Crippen molar-refractivity contribution in [3.63, 3.8) is 0 Å². The van der Waals surface area contributed by atoms with E-state index >= 15 is 0 Å². The number of esters is 1. The number of benzene rings is 2. The molecule has 106 valence electrons. The Morgan fingerprint density at radius 3 is 2.95 bits per heavy atom. The van der Waals surface area contributed by atoms with Crippen molar-refractivity contribution in [3.05, 3.63) is 53.1 Å². The summed E-state index contributed by atoms with van der Waals surface area (Å²) in [5.74, 6) is -0.147. The fourth-order valence-electron chi connectivity index (χ4n) is 3.36. The second kappa shape index (κ2) is 4.62. The van der Waals surface area contributed by atoms with Gasteiger partial charge in [0.05, 0.1) is 0 Å². The van der Waals surface area contributed by atoms with Gasteiger partial charge >= 0.3 is 5.97 Å². The van der Waals surface area contributed by atoms with Crippen LogP contribution in [-0.2, 0) is 16.0 Å². The zero-order valence-electron chi connectivity index (χ0n) is 12.0. The van der Waals surface area contributed by atoms with Crippen molar-refractivity contribution in [3.8, 4) is 0 Å². The van der Waals surface area contributed by atoms with Crippen molar-refractivity contribution in [2.45, 2.75) is 25.9 Å². The summed E-state index contributed by atoms with van der Waals surface area (Å²) in [7, 11) is 0. The molecule has 1 N–H and O–H groups in total. The first-order valence-corrected chi connectivity index (χ1v) is 7.39. The van der Waals surface area contributed by atoms with Gasteiger partial charge in [0.2, 0.25) is 0 Å². The molecular formula is C18H17NO2. The molecule has 0 aliphatic carbocycles. The number of ether oxygens (including phenoxy) is 1. The van der Waals surface area contributed by atoms with E-state index in [9.17, 15) is 4.79 Å². The molecule has 0 saturated heterocycles. The lowest BCUT2D eigenvalue weighted by Crippen LogP contribution is -2.26. The first-order chi connectivity index (χ1) is 10.2. The van der Waals surface area contributed by atoms with Crippen LogP contribution in [0.1, 0.15) is 18.9 Å². The van der Waals surface area contributed by atoms with Gasteiger partial charge in [-0.2, -0.15) is 0 Å². The van der Waals surface area contributed by atoms with E-state index in [1.165, 1.54) is 21.9 Å². The molecule has 0 unspecified atom stereocenters. The molecule has 2 aliphatic rings. The minimum Gasteiger partial charge on any atom is -0.459 e. The van der Waals surface area contributed by atoms with E-state index < -0.39 is 0 Å². The Kier molecular flexibility index (Phi) is 2.74. The highest BCUT2D eigenvalue weighted by Crippen LogP contribution is 2.34. The van der Waals surface area contributed by atoms with Crippen LogP contribution in [-0.4, -0.2) is 18.6 Å². The molecule has 4 rings (SSSR count). The van der Waals surface area contributed by atoms with Crippen molar-refractivity contribution in [2.75, 3.05) is 11.9 Å². The highest BCUT2D eigenvalue weighted by molar-refractivity contribution is 5.96. The van der Waals surface area contributed by atoms with Crippen LogP contribution in [0.2, 0.25) is 0 Å². The Morgan fingerprint density at radius 2 is 2.05 bits per heavy atom. The van der Waals surface area contributed by atoms with Crippen LogP contribution in [0.4, 0.5) is 5.69 Å². The average molecular weight is 279 g/mol. The smallest absolute Gasteiger partial charge is 0.334 e. The van der Waals surface area contributed by atoms with E-state index in [4.69, 9.17) is 4.74 Å². The van der Waals surface area contributed by atoms with E-state index in [-0.39, 0.29) is 12.1 Å². The molecule has 0 saturated carbocycles. The Balaban J connectivity index is 1.88. The molecule has 2 aromatic rings. The zero-order valence-corrected chi connectivity index (χ0v) is 12.0. The lowest BCUT2D eigenvalue weighted by atomic mass is 9.93. The number of hydrogen-bond donors (Lipinski definition) is 1. The monoisotopic (exact) mass is 279 g/mol. The Hall–Kier alpha value is -2.29. The van der Waals surface area contributed by atoms with Gasteiger partial charge in [0, 0.05) is 30.6 Å². The second-order valence-electron chi connectivity index (χ2n) is 5.85. The SMILES string of the molecule is C[C@@H]1CC2=C(Cc3c(ccc4ccccc34)NC2)C(=O)O1. The molecule has 0 fully saturated rings. The number of anilines is 1. The van der Waals surface area contributed by atoms with Crippen LogP contribution in [0.15, 0.2) is 47.5 Å². The van der Waals surface area contributed by atoms with E-state index in [2.05, 4.69) is 29.6 Å². The third-order valence-corrected chi connectivity index (χ3v) is 4.40. The molecule has 0 aromatic heterocycles. The maximum Gasteiger partial charge on any atom is 0.334 e. The van der Waals surface area contributed by atoms with Gasteiger partial charge in [0.15, 0.2) is 0 Å². The molecule has 0 amide bonds. The van der Waals surface area contributed by atoms with Gasteiger partial charge in [-0.25, -0.2) is 4.79 Å². The third kappa shape index (κ3) is 2.00. The van der Waals surface area contributed by atoms with E-state index in [1.54, 1.807) is 0 Å². The summed E-state index contributed by atoms with van der Waals surface area (Å²) in [5.41, 5.74) is 4.36. The van der Waals surface area contributed by atoms with Crippen LogP contribution < -0.4 is 5.32 Å². The Labute approximate surface area is 123 Å². The fourth-order valence-corrected chi connectivity index (χ4v) is 3.36. The van der Waals surface area contributed by atoms with Gasteiger partial charge in [-0.15, -0.1) is 0 Å². The van der Waals surface area contributed by atoms with Crippen molar-refractivity contribution < 1.29 is 9.53 Å². The molecule has 0 bridgehead atoms. The second-order valence-corrected chi connectivity index (χ2v) is 5.85. The number of cyclic esters (lactones) is 1. The average Bonchev–Trinajstić information content (AvgIpc) is 2.67. The van der Waals surface area contributed by atoms with E-state index in [0.29, 0.717) is 6.42 Å². The lowest BCUT2D eigenvalue weighted by molar-refractivity contribution is -0.145. The highest BCUT2D eigenvalue weighted by Gasteiger charge is 2.29. The predicted octanol–water partition coefficient (Wildman–Crippen LogP) is 3.44. The summed E-state index contributed by atoms with van der Waals surface area (Å²) in [6, 6.07) is 12.6. The molecule has 0 spiro atoms. The van der Waals surface area contributed by atoms with Crippen LogP contribution in [0.3, 0.4) is 0 Å². The molecule has 1 atom stereocenters. The third-order valence-electron chi connectivity index (χ3n) is 4.40. The first kappa shape index (κ1) is 12.5. The summed E-state index contributed by atoms with van der Waals surface area (Å²) in [5, 5.41) is 5.91. The molecule has 2 aliphatic heterocycles. The van der Waals surface area contributed by atoms with E-state index in [1.807, 2.05) is 19.1 Å². The summed E-state index contributed by atoms with van der Waals surface area (Å²) < 4.78 is 5.41. The minimum absolute atomic E-state index is 0.0176. The zero-order chi connectivity index (χ0) is 14.4. The number of nitrogens with one attached hydrogen (secondary N) is 1. The van der Waals surface area contributed by atoms with Crippen LogP contribution in [0.25, 0.3) is 10.8 Å². The maximum absolute atomic E-state index is 12.2. The number of carbonyl (C=O) groups excluding carboxylic acids is 1. The topological polar surface area (TPSA) is 38.3 Å². The number of rotatable bonds is 0. The number of fused-ring (bicyclic) bond motifs is 3. The van der Waals surface area contributed by atoms with Crippen molar-refractivity contribution in [2.24, 2.45) is 0 Å². The maximum atomic E-state index is 12.2. The Bertz CT molecular complexity index is 776. The summed E-state index contributed by atoms with van der Waals surface area (Å²) >= 11 is 0. The van der Waals surface area contributed by atoms with Gasteiger partial charge in [-0.1, -0.05) is 30.3 Å². The minimum atomic E-state index is -0.147. The molecular weight excluding hydrogens is 262 g/mol. The summed E-state index contributed by atoms with van der Waals surface area (Å²) in [6.45, 7) is 2.69. The Morgan fingerprint density at radius 1 is 1.19 bits per heavy atom. The van der Waals surface area contributed by atoms with Crippen LogP contribution >= 0.6 is 0 Å². The number of hydrogen-bond acceptors (Lipinski definition) is 3. The largest absolute Gasteiger partial charge is 0.459 e. The van der Waals surface area contributed by atoms with Gasteiger partial charge in [0.25, 0.3) is 0 Å². The predicted molar refractivity (Wildman–Crippen MR) is 83.3 cm³/mol. The molecule has 2 aromatic carbocycles. The van der Waals surface area contributed by atoms with Gasteiger partial charge < -0.3 is 10.1 Å². The molecule has 3 nitrogen and oxygen atoms in total. The van der Waals surface area contributed by atoms with Gasteiger partial charge in [-0.05, 0) is 34.9 Å². The quantitative estimate of drug-likeness (QED) is 0.751. The van der Waals surface area contributed by atoms with E-state index in [0.717, 1.165) is 24.2 Å². The van der Waals surface area contributed by atoms with Crippen molar-refractivity contribution in [1.29, 1.82) is 0 Å². The molecule has 2 heterocycles. The van der Waals surface area contributed by atoms with Crippen molar-refractivity contribution >= 4 is 22.4 Å². The normalized spacial score (nSPS) is 21.2. The van der Waals surface area contributed by atoms with Crippen molar-refractivity contribution in [1.82, 2.24) is 0 Å². The van der Waals surface area contributed by atoms with Gasteiger partial charge in [0.1, 0.15) is 6.10 Å².